The van der Waals surface area contributed by atoms with Gasteiger partial charge in [-0.05, 0) is 79.6 Å². The van der Waals surface area contributed by atoms with Crippen LogP contribution in [-0.2, 0) is 15.8 Å². The molecule has 0 spiro atoms. The zero-order chi connectivity index (χ0) is 25.5. The monoisotopic (exact) mass is 536 g/mol. The SMILES string of the molecule is Cc1ccc(NC2=C(Sc3ccc(Cl)cc3)C(=O)N(c3cc(C(F)(F)F)ccc3Cl)C2=O)cc1C. The Kier molecular flexibility index (Phi) is 6.90. The summed E-state index contributed by atoms with van der Waals surface area (Å²) in [6, 6.07) is 14.5. The van der Waals surface area contributed by atoms with Gasteiger partial charge in [0.15, 0.2) is 0 Å². The highest BCUT2D eigenvalue weighted by Gasteiger charge is 2.42. The van der Waals surface area contributed by atoms with Crippen LogP contribution in [0.4, 0.5) is 24.5 Å². The molecule has 0 bridgehead atoms. The van der Waals surface area contributed by atoms with Crippen molar-refractivity contribution >= 4 is 58.2 Å². The summed E-state index contributed by atoms with van der Waals surface area (Å²) >= 11 is 13.1. The number of carbonyl (C=O) groups is 2. The van der Waals surface area contributed by atoms with Crippen LogP contribution in [0.15, 0.2) is 76.2 Å². The molecule has 4 rings (SSSR count). The summed E-state index contributed by atoms with van der Waals surface area (Å²) in [5.74, 6) is -1.60. The second-order valence-corrected chi connectivity index (χ2v) is 9.72. The van der Waals surface area contributed by atoms with Crippen LogP contribution in [0.1, 0.15) is 16.7 Å². The Morgan fingerprint density at radius 1 is 0.857 bits per heavy atom. The van der Waals surface area contributed by atoms with E-state index in [0.29, 0.717) is 26.6 Å². The minimum Gasteiger partial charge on any atom is -0.350 e. The maximum Gasteiger partial charge on any atom is 0.416 e. The highest BCUT2D eigenvalue weighted by atomic mass is 35.5. The van der Waals surface area contributed by atoms with E-state index >= 15 is 0 Å². The maximum absolute atomic E-state index is 13.5. The van der Waals surface area contributed by atoms with E-state index in [0.717, 1.165) is 35.0 Å². The number of thioether (sulfide) groups is 1. The van der Waals surface area contributed by atoms with Crippen molar-refractivity contribution in [2.75, 3.05) is 10.2 Å². The summed E-state index contributed by atoms with van der Waals surface area (Å²) in [6.45, 7) is 3.83. The lowest BCUT2D eigenvalue weighted by Gasteiger charge is -2.18. The Labute approximate surface area is 213 Å². The minimum absolute atomic E-state index is 0.0176. The number of nitrogens with one attached hydrogen (secondary N) is 1. The van der Waals surface area contributed by atoms with Gasteiger partial charge in [0.1, 0.15) is 10.6 Å². The second-order valence-electron chi connectivity index (χ2n) is 7.79. The number of carbonyl (C=O) groups excluding carboxylic acids is 2. The summed E-state index contributed by atoms with van der Waals surface area (Å²) in [5.41, 5.74) is 1.10. The van der Waals surface area contributed by atoms with Crippen molar-refractivity contribution in [3.8, 4) is 0 Å². The Balaban J connectivity index is 1.79. The number of alkyl halides is 3. The van der Waals surface area contributed by atoms with Crippen LogP contribution in [0.2, 0.25) is 10.0 Å². The van der Waals surface area contributed by atoms with Crippen molar-refractivity contribution < 1.29 is 22.8 Å². The van der Waals surface area contributed by atoms with Gasteiger partial charge in [0.2, 0.25) is 0 Å². The van der Waals surface area contributed by atoms with E-state index in [9.17, 15) is 22.8 Å². The Morgan fingerprint density at radius 2 is 1.54 bits per heavy atom. The van der Waals surface area contributed by atoms with Crippen LogP contribution < -0.4 is 10.2 Å². The topological polar surface area (TPSA) is 49.4 Å². The lowest BCUT2D eigenvalue weighted by molar-refractivity contribution is -0.137. The van der Waals surface area contributed by atoms with E-state index in [-0.39, 0.29) is 21.3 Å². The first-order chi connectivity index (χ1) is 16.5. The van der Waals surface area contributed by atoms with Crippen molar-refractivity contribution in [2.45, 2.75) is 24.9 Å². The van der Waals surface area contributed by atoms with Crippen molar-refractivity contribution in [1.82, 2.24) is 0 Å². The van der Waals surface area contributed by atoms with E-state index < -0.39 is 23.6 Å². The summed E-state index contributed by atoms with van der Waals surface area (Å²) in [4.78, 5) is 28.2. The van der Waals surface area contributed by atoms with Crippen molar-refractivity contribution in [1.29, 1.82) is 0 Å². The zero-order valence-corrected chi connectivity index (χ0v) is 20.7. The van der Waals surface area contributed by atoms with Gasteiger partial charge in [0.05, 0.1) is 16.3 Å². The molecule has 4 nitrogen and oxygen atoms in total. The number of nitrogens with zero attached hydrogens (tertiary/aromatic N) is 1. The number of imide groups is 1. The normalized spacial score (nSPS) is 14.2. The lowest BCUT2D eigenvalue weighted by atomic mass is 10.1. The van der Waals surface area contributed by atoms with Gasteiger partial charge in [-0.15, -0.1) is 0 Å². The summed E-state index contributed by atoms with van der Waals surface area (Å²) < 4.78 is 40.0. The Bertz CT molecular complexity index is 1370. The first-order valence-electron chi connectivity index (χ1n) is 10.2. The predicted molar refractivity (Wildman–Crippen MR) is 133 cm³/mol. The molecule has 10 heteroatoms. The van der Waals surface area contributed by atoms with Crippen LogP contribution >= 0.6 is 35.0 Å². The number of anilines is 2. The fourth-order valence-electron chi connectivity index (χ4n) is 3.38. The molecule has 0 aromatic heterocycles. The number of amides is 2. The first-order valence-corrected chi connectivity index (χ1v) is 11.8. The molecule has 0 radical (unpaired) electrons. The number of rotatable bonds is 5. The molecule has 3 aromatic rings. The maximum atomic E-state index is 13.5. The predicted octanol–water partition coefficient (Wildman–Crippen LogP) is 7.62. The van der Waals surface area contributed by atoms with Gasteiger partial charge >= 0.3 is 6.18 Å². The Morgan fingerprint density at radius 3 is 2.17 bits per heavy atom. The molecule has 3 aromatic carbocycles. The minimum atomic E-state index is -4.68. The molecule has 1 N–H and O–H groups in total. The number of aryl methyl sites for hydroxylation is 2. The highest BCUT2D eigenvalue weighted by molar-refractivity contribution is 8.04. The molecule has 0 atom stereocenters. The third kappa shape index (κ3) is 5.19. The highest BCUT2D eigenvalue weighted by Crippen LogP contribution is 2.42. The molecule has 35 heavy (non-hydrogen) atoms. The Hall–Kier alpha value is -2.94. The van der Waals surface area contributed by atoms with E-state index in [1.54, 1.807) is 30.3 Å². The third-order valence-electron chi connectivity index (χ3n) is 5.37. The summed E-state index contributed by atoms with van der Waals surface area (Å²) in [7, 11) is 0. The molecule has 1 aliphatic rings. The molecule has 1 aliphatic heterocycles. The molecule has 0 fully saturated rings. The fraction of sp³-hybridized carbons (Fsp3) is 0.120. The van der Waals surface area contributed by atoms with Crippen LogP contribution in [0.5, 0.6) is 0 Å². The fourth-order valence-corrected chi connectivity index (χ4v) is 4.63. The van der Waals surface area contributed by atoms with Crippen molar-refractivity contribution in [3.63, 3.8) is 0 Å². The molecule has 180 valence electrons. The average Bonchev–Trinajstić information content (AvgIpc) is 3.01. The largest absolute Gasteiger partial charge is 0.416 e. The lowest BCUT2D eigenvalue weighted by Crippen LogP contribution is -2.33. The van der Waals surface area contributed by atoms with Gasteiger partial charge < -0.3 is 5.32 Å². The van der Waals surface area contributed by atoms with Crippen LogP contribution in [-0.4, -0.2) is 11.8 Å². The molecular weight excluding hydrogens is 520 g/mol. The van der Waals surface area contributed by atoms with E-state index in [1.165, 1.54) is 0 Å². The average molecular weight is 537 g/mol. The molecule has 2 amide bonds. The molecular formula is C25H17Cl2F3N2O2S. The molecule has 0 unspecified atom stereocenters. The smallest absolute Gasteiger partial charge is 0.350 e. The van der Waals surface area contributed by atoms with Crippen molar-refractivity contribution in [2.24, 2.45) is 0 Å². The van der Waals surface area contributed by atoms with E-state index in [4.69, 9.17) is 23.2 Å². The molecule has 1 heterocycles. The second kappa shape index (κ2) is 9.60. The van der Waals surface area contributed by atoms with Gasteiger partial charge in [0, 0.05) is 15.6 Å². The summed E-state index contributed by atoms with van der Waals surface area (Å²) in [6.07, 6.45) is -4.68. The van der Waals surface area contributed by atoms with Crippen LogP contribution in [0.25, 0.3) is 0 Å². The van der Waals surface area contributed by atoms with Gasteiger partial charge in [0.25, 0.3) is 11.8 Å². The first kappa shape index (κ1) is 25.2. The standard InChI is InChI=1S/C25H17Cl2F3N2O2S/c1-13-3-7-17(11-14(13)2)31-21-22(35-18-8-5-16(26)6-9-18)24(34)32(23(21)33)20-12-15(25(28,29)30)4-10-19(20)27/h3-12,31H,1-2H3. The number of benzene rings is 3. The third-order valence-corrected chi connectivity index (χ3v) is 7.03. The van der Waals surface area contributed by atoms with Crippen molar-refractivity contribution in [3.05, 3.63) is 98.0 Å². The number of halogens is 5. The van der Waals surface area contributed by atoms with E-state index in [1.807, 2.05) is 26.0 Å². The molecule has 0 saturated heterocycles. The van der Waals surface area contributed by atoms with Gasteiger partial charge in [-0.25, -0.2) is 4.90 Å². The summed E-state index contributed by atoms with van der Waals surface area (Å²) in [5, 5.41) is 3.32. The number of hydrogen-bond acceptors (Lipinski definition) is 4. The van der Waals surface area contributed by atoms with Gasteiger partial charge in [-0.1, -0.05) is 41.0 Å². The quantitative estimate of drug-likeness (QED) is 0.340. The number of hydrogen-bond donors (Lipinski definition) is 1. The van der Waals surface area contributed by atoms with Crippen LogP contribution in [0, 0.1) is 13.8 Å². The van der Waals surface area contributed by atoms with Gasteiger partial charge in [-0.2, -0.15) is 13.2 Å². The van der Waals surface area contributed by atoms with E-state index in [2.05, 4.69) is 5.32 Å². The van der Waals surface area contributed by atoms with Crippen LogP contribution in [0.3, 0.4) is 0 Å². The zero-order valence-electron chi connectivity index (χ0n) is 18.3. The van der Waals surface area contributed by atoms with Gasteiger partial charge in [-0.3, -0.25) is 9.59 Å². The molecule has 0 saturated carbocycles. The molecule has 0 aliphatic carbocycles.